The summed E-state index contributed by atoms with van der Waals surface area (Å²) in [5, 5.41) is 2.65. The molecule has 1 saturated heterocycles. The van der Waals surface area contributed by atoms with E-state index in [4.69, 9.17) is 4.74 Å². The first kappa shape index (κ1) is 14.7. The van der Waals surface area contributed by atoms with Gasteiger partial charge in [-0.15, -0.1) is 0 Å². The normalized spacial score (nSPS) is 18.6. The molecule has 1 aliphatic heterocycles. The van der Waals surface area contributed by atoms with E-state index in [0.29, 0.717) is 18.8 Å². The van der Waals surface area contributed by atoms with Crippen LogP contribution in [-0.4, -0.2) is 41.7 Å². The molecular formula is C14H20FN3O2. The van der Waals surface area contributed by atoms with Crippen molar-refractivity contribution < 1.29 is 13.9 Å². The minimum atomic E-state index is -0.471. The van der Waals surface area contributed by atoms with Crippen LogP contribution in [0.25, 0.3) is 0 Å². The second-order valence-corrected chi connectivity index (χ2v) is 4.85. The lowest BCUT2D eigenvalue weighted by Gasteiger charge is -2.29. The minimum Gasteiger partial charge on any atom is -0.376 e. The second-order valence-electron chi connectivity index (χ2n) is 4.85. The Morgan fingerprint density at radius 2 is 2.40 bits per heavy atom. The standard InChI is InChI=1S/C14H20FN3O2/c1-2-18(10-13-5-3-4-6-20-13)14(19)17-12-7-11(15)8-16-9-12/h7-9,13H,2-6,10H2,1H3,(H,17,19). The Balaban J connectivity index is 1.91. The van der Waals surface area contributed by atoms with Crippen LogP contribution in [0, 0.1) is 5.82 Å². The quantitative estimate of drug-likeness (QED) is 0.923. The van der Waals surface area contributed by atoms with Crippen molar-refractivity contribution in [2.45, 2.75) is 32.3 Å². The number of pyridine rings is 1. The van der Waals surface area contributed by atoms with Gasteiger partial charge in [0.15, 0.2) is 0 Å². The first-order valence-electron chi connectivity index (χ1n) is 6.97. The molecule has 2 rings (SSSR count). The summed E-state index contributed by atoms with van der Waals surface area (Å²) in [7, 11) is 0. The zero-order valence-corrected chi connectivity index (χ0v) is 11.6. The summed E-state index contributed by atoms with van der Waals surface area (Å²) in [6, 6.07) is 0.990. The molecule has 1 fully saturated rings. The molecule has 0 saturated carbocycles. The van der Waals surface area contributed by atoms with Crippen LogP contribution in [0.4, 0.5) is 14.9 Å². The van der Waals surface area contributed by atoms with Gasteiger partial charge in [-0.05, 0) is 26.2 Å². The first-order valence-corrected chi connectivity index (χ1v) is 6.97. The van der Waals surface area contributed by atoms with Gasteiger partial charge >= 0.3 is 6.03 Å². The van der Waals surface area contributed by atoms with E-state index in [0.717, 1.165) is 32.1 Å². The van der Waals surface area contributed by atoms with Crippen LogP contribution in [0.3, 0.4) is 0 Å². The minimum absolute atomic E-state index is 0.0973. The van der Waals surface area contributed by atoms with Gasteiger partial charge in [0.1, 0.15) is 5.82 Å². The molecule has 0 bridgehead atoms. The van der Waals surface area contributed by atoms with Crippen molar-refractivity contribution in [3.8, 4) is 0 Å². The number of hydrogen-bond acceptors (Lipinski definition) is 3. The summed E-state index contributed by atoms with van der Waals surface area (Å²) in [5.74, 6) is -0.471. The Labute approximate surface area is 118 Å². The molecule has 1 aromatic rings. The number of anilines is 1. The average molecular weight is 281 g/mol. The summed E-state index contributed by atoms with van der Waals surface area (Å²) in [5.41, 5.74) is 0.359. The van der Waals surface area contributed by atoms with Crippen molar-refractivity contribution in [2.75, 3.05) is 25.0 Å². The van der Waals surface area contributed by atoms with Gasteiger partial charge in [0.2, 0.25) is 0 Å². The van der Waals surface area contributed by atoms with Crippen molar-refractivity contribution in [1.29, 1.82) is 0 Å². The lowest BCUT2D eigenvalue weighted by molar-refractivity contribution is 0.00221. The number of aromatic nitrogens is 1. The predicted octanol–water partition coefficient (Wildman–Crippen LogP) is 2.64. The average Bonchev–Trinajstić information content (AvgIpc) is 2.45. The van der Waals surface area contributed by atoms with Crippen molar-refractivity contribution in [3.63, 3.8) is 0 Å². The topological polar surface area (TPSA) is 54.5 Å². The molecule has 0 aromatic carbocycles. The Bertz CT molecular complexity index is 450. The van der Waals surface area contributed by atoms with Gasteiger partial charge in [-0.2, -0.15) is 0 Å². The molecule has 1 N–H and O–H groups in total. The van der Waals surface area contributed by atoms with Crippen LogP contribution in [-0.2, 0) is 4.74 Å². The number of hydrogen-bond donors (Lipinski definition) is 1. The van der Waals surface area contributed by atoms with Gasteiger partial charge in [0.25, 0.3) is 0 Å². The smallest absolute Gasteiger partial charge is 0.321 e. The number of halogens is 1. The summed E-state index contributed by atoms with van der Waals surface area (Å²) in [6.07, 6.45) is 5.82. The highest BCUT2D eigenvalue weighted by Gasteiger charge is 2.20. The van der Waals surface area contributed by atoms with Gasteiger partial charge in [0.05, 0.1) is 24.2 Å². The Morgan fingerprint density at radius 1 is 1.55 bits per heavy atom. The Morgan fingerprint density at radius 3 is 3.05 bits per heavy atom. The molecule has 20 heavy (non-hydrogen) atoms. The van der Waals surface area contributed by atoms with E-state index < -0.39 is 5.82 Å². The molecule has 1 atom stereocenters. The molecule has 110 valence electrons. The number of nitrogens with one attached hydrogen (secondary N) is 1. The van der Waals surface area contributed by atoms with Crippen LogP contribution >= 0.6 is 0 Å². The third-order valence-corrected chi connectivity index (χ3v) is 3.32. The molecule has 0 spiro atoms. The molecular weight excluding hydrogens is 261 g/mol. The number of rotatable bonds is 4. The van der Waals surface area contributed by atoms with Crippen LogP contribution in [0.5, 0.6) is 0 Å². The van der Waals surface area contributed by atoms with Gasteiger partial charge in [0, 0.05) is 25.8 Å². The summed E-state index contributed by atoms with van der Waals surface area (Å²) < 4.78 is 18.7. The summed E-state index contributed by atoms with van der Waals surface area (Å²) in [4.78, 5) is 17.5. The number of ether oxygens (including phenoxy) is 1. The zero-order valence-electron chi connectivity index (χ0n) is 11.6. The Kier molecular flexibility index (Phi) is 5.29. The van der Waals surface area contributed by atoms with E-state index in [1.165, 1.54) is 12.3 Å². The number of carbonyl (C=O) groups is 1. The number of nitrogens with zero attached hydrogens (tertiary/aromatic N) is 2. The fourth-order valence-electron chi connectivity index (χ4n) is 2.24. The molecule has 1 aromatic heterocycles. The van der Waals surface area contributed by atoms with Crippen molar-refractivity contribution in [1.82, 2.24) is 9.88 Å². The number of carbonyl (C=O) groups excluding carboxylic acids is 1. The lowest BCUT2D eigenvalue weighted by Crippen LogP contribution is -2.41. The van der Waals surface area contributed by atoms with E-state index in [1.807, 2.05) is 6.92 Å². The van der Waals surface area contributed by atoms with Crippen molar-refractivity contribution >= 4 is 11.7 Å². The van der Waals surface area contributed by atoms with Gasteiger partial charge in [-0.1, -0.05) is 0 Å². The first-order chi connectivity index (χ1) is 9.69. The molecule has 1 aliphatic rings. The van der Waals surface area contributed by atoms with Gasteiger partial charge < -0.3 is 15.0 Å². The van der Waals surface area contributed by atoms with E-state index in [2.05, 4.69) is 10.3 Å². The van der Waals surface area contributed by atoms with Crippen LogP contribution < -0.4 is 5.32 Å². The monoisotopic (exact) mass is 281 g/mol. The third kappa shape index (κ3) is 4.16. The van der Waals surface area contributed by atoms with Crippen molar-refractivity contribution in [3.05, 3.63) is 24.3 Å². The second kappa shape index (κ2) is 7.19. The molecule has 2 heterocycles. The van der Waals surface area contributed by atoms with E-state index in [1.54, 1.807) is 4.90 Å². The zero-order chi connectivity index (χ0) is 14.4. The maximum atomic E-state index is 13.0. The highest BCUT2D eigenvalue weighted by Crippen LogP contribution is 2.15. The third-order valence-electron chi connectivity index (χ3n) is 3.32. The van der Waals surface area contributed by atoms with Gasteiger partial charge in [-0.3, -0.25) is 4.98 Å². The number of amides is 2. The van der Waals surface area contributed by atoms with Crippen LogP contribution in [0.1, 0.15) is 26.2 Å². The van der Waals surface area contributed by atoms with Crippen LogP contribution in [0.2, 0.25) is 0 Å². The molecule has 5 nitrogen and oxygen atoms in total. The Hall–Kier alpha value is -1.69. The van der Waals surface area contributed by atoms with Crippen molar-refractivity contribution in [2.24, 2.45) is 0 Å². The maximum Gasteiger partial charge on any atom is 0.321 e. The predicted molar refractivity (Wildman–Crippen MR) is 74.1 cm³/mol. The molecule has 1 unspecified atom stereocenters. The molecule has 2 amide bonds. The summed E-state index contributed by atoms with van der Waals surface area (Å²) in [6.45, 7) is 3.81. The van der Waals surface area contributed by atoms with E-state index >= 15 is 0 Å². The molecule has 0 radical (unpaired) electrons. The van der Waals surface area contributed by atoms with Gasteiger partial charge in [-0.25, -0.2) is 9.18 Å². The molecule has 0 aliphatic carbocycles. The maximum absolute atomic E-state index is 13.0. The highest BCUT2D eigenvalue weighted by molar-refractivity contribution is 5.89. The molecule has 6 heteroatoms. The highest BCUT2D eigenvalue weighted by atomic mass is 19.1. The fraction of sp³-hybridized carbons (Fsp3) is 0.571. The largest absolute Gasteiger partial charge is 0.376 e. The number of urea groups is 1. The summed E-state index contributed by atoms with van der Waals surface area (Å²) >= 11 is 0. The lowest BCUT2D eigenvalue weighted by atomic mass is 10.1. The van der Waals surface area contributed by atoms with E-state index in [9.17, 15) is 9.18 Å². The van der Waals surface area contributed by atoms with Crippen LogP contribution in [0.15, 0.2) is 18.5 Å². The fourth-order valence-corrected chi connectivity index (χ4v) is 2.24. The number of likely N-dealkylation sites (N-methyl/N-ethyl adjacent to an activating group) is 1. The van der Waals surface area contributed by atoms with E-state index in [-0.39, 0.29) is 12.1 Å². The SMILES string of the molecule is CCN(CC1CCCCO1)C(=O)Nc1cncc(F)c1.